The summed E-state index contributed by atoms with van der Waals surface area (Å²) in [7, 11) is 1.50. The van der Waals surface area contributed by atoms with Crippen LogP contribution in [0.3, 0.4) is 0 Å². The molecule has 1 aromatic carbocycles. The molecule has 6 heteroatoms. The van der Waals surface area contributed by atoms with E-state index < -0.39 is 0 Å². The molecule has 1 aliphatic carbocycles. The van der Waals surface area contributed by atoms with Crippen LogP contribution in [-0.2, 0) is 5.41 Å². The first-order valence-electron chi connectivity index (χ1n) is 7.10. The fourth-order valence-corrected chi connectivity index (χ4v) is 2.93. The van der Waals surface area contributed by atoms with Gasteiger partial charge < -0.3 is 20.1 Å². The van der Waals surface area contributed by atoms with Crippen molar-refractivity contribution in [1.29, 1.82) is 0 Å². The summed E-state index contributed by atoms with van der Waals surface area (Å²) in [5.74, 6) is 1.57. The van der Waals surface area contributed by atoms with Gasteiger partial charge in [0.1, 0.15) is 0 Å². The second kappa shape index (κ2) is 5.37. The van der Waals surface area contributed by atoms with Crippen LogP contribution in [-0.4, -0.2) is 28.9 Å². The summed E-state index contributed by atoms with van der Waals surface area (Å²) < 4.78 is 10.6. The van der Waals surface area contributed by atoms with Crippen LogP contribution < -0.4 is 10.5 Å². The van der Waals surface area contributed by atoms with Crippen LogP contribution in [0.1, 0.15) is 31.6 Å². The minimum absolute atomic E-state index is 0.0826. The molecule has 0 spiro atoms. The van der Waals surface area contributed by atoms with Crippen molar-refractivity contribution < 1.29 is 14.4 Å². The van der Waals surface area contributed by atoms with Crippen LogP contribution in [0.4, 0.5) is 0 Å². The largest absolute Gasteiger partial charge is 0.504 e. The highest BCUT2D eigenvalue weighted by atomic mass is 16.5. The van der Waals surface area contributed by atoms with Crippen molar-refractivity contribution in [3.8, 4) is 22.9 Å². The zero-order valence-electron chi connectivity index (χ0n) is 12.0. The third-order valence-electron chi connectivity index (χ3n) is 4.27. The lowest BCUT2D eigenvalue weighted by molar-refractivity contribution is 0.284. The summed E-state index contributed by atoms with van der Waals surface area (Å²) in [5.41, 5.74) is 6.50. The maximum atomic E-state index is 9.63. The first-order chi connectivity index (χ1) is 10.2. The Kier molecular flexibility index (Phi) is 3.55. The molecule has 6 nitrogen and oxygen atoms in total. The zero-order chi connectivity index (χ0) is 14.9. The van der Waals surface area contributed by atoms with E-state index in [2.05, 4.69) is 10.1 Å². The van der Waals surface area contributed by atoms with Gasteiger partial charge in [0, 0.05) is 12.1 Å². The molecule has 0 radical (unpaired) electrons. The normalized spacial score (nSPS) is 17.0. The second-order valence-electron chi connectivity index (χ2n) is 5.50. The number of nitrogens with zero attached hydrogens (tertiary/aromatic N) is 2. The Labute approximate surface area is 122 Å². The first kappa shape index (κ1) is 13.9. The molecular weight excluding hydrogens is 270 g/mol. The molecule has 0 bridgehead atoms. The first-order valence-corrected chi connectivity index (χ1v) is 7.10. The lowest BCUT2D eigenvalue weighted by atomic mass is 9.86. The number of rotatable bonds is 4. The molecule has 1 saturated carbocycles. The van der Waals surface area contributed by atoms with E-state index in [0.717, 1.165) is 31.2 Å². The van der Waals surface area contributed by atoms with E-state index in [9.17, 15) is 5.11 Å². The fourth-order valence-electron chi connectivity index (χ4n) is 2.93. The SMILES string of the molecule is COc1cc(-c2noc(C3(CN)CCCC3)n2)ccc1O. The van der Waals surface area contributed by atoms with Crippen LogP contribution in [0.25, 0.3) is 11.4 Å². The topological polar surface area (TPSA) is 94.4 Å². The molecular formula is C15H19N3O3. The highest BCUT2D eigenvalue weighted by Crippen LogP contribution is 2.40. The van der Waals surface area contributed by atoms with Crippen LogP contribution in [0.5, 0.6) is 11.5 Å². The Balaban J connectivity index is 1.95. The van der Waals surface area contributed by atoms with Crippen molar-refractivity contribution >= 4 is 0 Å². The number of phenolic OH excluding ortho intramolecular Hbond substituents is 1. The minimum Gasteiger partial charge on any atom is -0.504 e. The molecule has 0 unspecified atom stereocenters. The van der Waals surface area contributed by atoms with Crippen LogP contribution in [0.2, 0.25) is 0 Å². The van der Waals surface area contributed by atoms with Gasteiger partial charge >= 0.3 is 0 Å². The number of nitrogens with two attached hydrogens (primary N) is 1. The van der Waals surface area contributed by atoms with Gasteiger partial charge in [-0.3, -0.25) is 0 Å². The van der Waals surface area contributed by atoms with Crippen LogP contribution in [0, 0.1) is 0 Å². The highest BCUT2D eigenvalue weighted by molar-refractivity contribution is 5.60. The number of aromatic nitrogens is 2. The third kappa shape index (κ3) is 2.35. The van der Waals surface area contributed by atoms with E-state index in [0.29, 0.717) is 24.0 Å². The Bertz CT molecular complexity index is 633. The van der Waals surface area contributed by atoms with Gasteiger partial charge in [-0.1, -0.05) is 18.0 Å². The number of ether oxygens (including phenoxy) is 1. The van der Waals surface area contributed by atoms with Crippen molar-refractivity contribution in [2.45, 2.75) is 31.1 Å². The predicted molar refractivity (Wildman–Crippen MR) is 77.2 cm³/mol. The Hall–Kier alpha value is -2.08. The molecule has 2 aromatic rings. The Morgan fingerprint density at radius 3 is 2.81 bits per heavy atom. The Morgan fingerprint density at radius 2 is 2.14 bits per heavy atom. The summed E-state index contributed by atoms with van der Waals surface area (Å²) in [6, 6.07) is 4.97. The lowest BCUT2D eigenvalue weighted by Gasteiger charge is -2.21. The van der Waals surface area contributed by atoms with Crippen LogP contribution >= 0.6 is 0 Å². The van der Waals surface area contributed by atoms with Crippen molar-refractivity contribution in [2.24, 2.45) is 5.73 Å². The number of hydrogen-bond acceptors (Lipinski definition) is 6. The minimum atomic E-state index is -0.174. The van der Waals surface area contributed by atoms with Crippen molar-refractivity contribution in [3.63, 3.8) is 0 Å². The molecule has 0 aliphatic heterocycles. The van der Waals surface area contributed by atoms with Gasteiger partial charge in [0.05, 0.1) is 12.5 Å². The van der Waals surface area contributed by atoms with Crippen molar-refractivity contribution in [3.05, 3.63) is 24.1 Å². The van der Waals surface area contributed by atoms with Gasteiger partial charge in [-0.15, -0.1) is 0 Å². The van der Waals surface area contributed by atoms with E-state index in [4.69, 9.17) is 15.0 Å². The van der Waals surface area contributed by atoms with Crippen LogP contribution in [0.15, 0.2) is 22.7 Å². The van der Waals surface area contributed by atoms with Crippen molar-refractivity contribution in [2.75, 3.05) is 13.7 Å². The smallest absolute Gasteiger partial charge is 0.234 e. The average molecular weight is 289 g/mol. The number of phenols is 1. The summed E-state index contributed by atoms with van der Waals surface area (Å²) in [4.78, 5) is 4.52. The van der Waals surface area contributed by atoms with Crippen molar-refractivity contribution in [1.82, 2.24) is 10.1 Å². The Morgan fingerprint density at radius 1 is 1.38 bits per heavy atom. The molecule has 21 heavy (non-hydrogen) atoms. The number of aromatic hydroxyl groups is 1. The molecule has 1 heterocycles. The van der Waals surface area contributed by atoms with Gasteiger partial charge in [0.2, 0.25) is 11.7 Å². The number of hydrogen-bond donors (Lipinski definition) is 2. The fraction of sp³-hybridized carbons (Fsp3) is 0.467. The summed E-state index contributed by atoms with van der Waals surface area (Å²) >= 11 is 0. The summed E-state index contributed by atoms with van der Waals surface area (Å²) in [5, 5.41) is 13.7. The molecule has 0 atom stereocenters. The maximum Gasteiger partial charge on any atom is 0.234 e. The van der Waals surface area contributed by atoms with Gasteiger partial charge in [-0.05, 0) is 31.0 Å². The van der Waals surface area contributed by atoms with Gasteiger partial charge in [0.25, 0.3) is 0 Å². The monoisotopic (exact) mass is 289 g/mol. The maximum absolute atomic E-state index is 9.63. The summed E-state index contributed by atoms with van der Waals surface area (Å²) in [6.45, 7) is 0.521. The molecule has 1 fully saturated rings. The molecule has 1 aliphatic rings. The van der Waals surface area contributed by atoms with E-state index in [1.807, 2.05) is 0 Å². The standard InChI is InChI=1S/C15H19N3O3/c1-20-12-8-10(4-5-11(12)19)13-17-14(21-18-13)15(9-16)6-2-3-7-15/h4-5,8,19H,2-3,6-7,9,16H2,1H3. The van der Waals surface area contributed by atoms with Gasteiger partial charge in [0.15, 0.2) is 11.5 Å². The van der Waals surface area contributed by atoms with E-state index in [1.165, 1.54) is 7.11 Å². The average Bonchev–Trinajstić information content (AvgIpc) is 3.17. The molecule has 1 aromatic heterocycles. The molecule has 3 N–H and O–H groups in total. The molecule has 112 valence electrons. The zero-order valence-corrected chi connectivity index (χ0v) is 12.0. The van der Waals surface area contributed by atoms with Gasteiger partial charge in [-0.25, -0.2) is 0 Å². The van der Waals surface area contributed by atoms with Gasteiger partial charge in [-0.2, -0.15) is 4.98 Å². The second-order valence-corrected chi connectivity index (χ2v) is 5.50. The molecule has 0 saturated heterocycles. The number of methoxy groups -OCH3 is 1. The quantitative estimate of drug-likeness (QED) is 0.896. The highest BCUT2D eigenvalue weighted by Gasteiger charge is 2.39. The third-order valence-corrected chi connectivity index (χ3v) is 4.27. The van der Waals surface area contributed by atoms with E-state index in [-0.39, 0.29) is 11.2 Å². The van der Waals surface area contributed by atoms with E-state index in [1.54, 1.807) is 18.2 Å². The lowest BCUT2D eigenvalue weighted by Crippen LogP contribution is -2.32. The predicted octanol–water partition coefficient (Wildman–Crippen LogP) is 2.22. The number of benzene rings is 1. The molecule has 3 rings (SSSR count). The summed E-state index contributed by atoms with van der Waals surface area (Å²) in [6.07, 6.45) is 4.26. The van der Waals surface area contributed by atoms with E-state index >= 15 is 0 Å². The molecule has 0 amide bonds.